The van der Waals surface area contributed by atoms with E-state index in [0.29, 0.717) is 12.8 Å². The second-order valence-electron chi connectivity index (χ2n) is 4.37. The zero-order chi connectivity index (χ0) is 11.1. The number of rotatable bonds is 3. The summed E-state index contributed by atoms with van der Waals surface area (Å²) in [5.41, 5.74) is -0.805. The molecule has 0 unspecified atom stereocenters. The predicted molar refractivity (Wildman–Crippen MR) is 56.0 cm³/mol. The summed E-state index contributed by atoms with van der Waals surface area (Å²) < 4.78 is 4.75. The molecule has 0 saturated heterocycles. The van der Waals surface area contributed by atoms with Crippen LogP contribution >= 0.6 is 0 Å². The number of methoxy groups -OCH3 is 1. The molecule has 1 saturated carbocycles. The van der Waals surface area contributed by atoms with E-state index in [1.54, 1.807) is 6.08 Å². The summed E-state index contributed by atoms with van der Waals surface area (Å²) in [6.45, 7) is 3.65. The number of fused-ring (bicyclic) bond motifs is 2. The fraction of sp³-hybridized carbons (Fsp3) is 0.583. The molecule has 1 N–H and O–H groups in total. The van der Waals surface area contributed by atoms with Crippen molar-refractivity contribution in [2.24, 2.45) is 17.8 Å². The van der Waals surface area contributed by atoms with Crippen molar-refractivity contribution in [3.8, 4) is 0 Å². The highest BCUT2D eigenvalue weighted by Gasteiger charge is 2.57. The maximum Gasteiger partial charge on any atom is 0.309 e. The molecule has 4 atom stereocenters. The van der Waals surface area contributed by atoms with Gasteiger partial charge < -0.3 is 9.84 Å². The Bertz CT molecular complexity index is 321. The van der Waals surface area contributed by atoms with Crippen LogP contribution < -0.4 is 0 Å². The average Bonchev–Trinajstić information content (AvgIpc) is 2.69. The van der Waals surface area contributed by atoms with Crippen molar-refractivity contribution in [1.82, 2.24) is 0 Å². The van der Waals surface area contributed by atoms with E-state index < -0.39 is 5.60 Å². The van der Waals surface area contributed by atoms with Crippen LogP contribution in [0, 0.1) is 17.8 Å². The van der Waals surface area contributed by atoms with Gasteiger partial charge in [0, 0.05) is 11.8 Å². The van der Waals surface area contributed by atoms with Gasteiger partial charge in [-0.15, -0.1) is 6.58 Å². The summed E-state index contributed by atoms with van der Waals surface area (Å²) in [5.74, 6) is -0.429. The van der Waals surface area contributed by atoms with E-state index in [0.717, 1.165) is 0 Å². The number of hydrogen-bond acceptors (Lipinski definition) is 3. The van der Waals surface area contributed by atoms with E-state index in [1.165, 1.54) is 7.11 Å². The lowest BCUT2D eigenvalue weighted by Gasteiger charge is -2.27. The Morgan fingerprint density at radius 2 is 2.47 bits per heavy atom. The van der Waals surface area contributed by atoms with Crippen LogP contribution in [-0.2, 0) is 9.53 Å². The first-order valence-corrected chi connectivity index (χ1v) is 5.23. The molecule has 2 bridgehead atoms. The first-order valence-electron chi connectivity index (χ1n) is 5.23. The number of carbonyl (C=O) groups excluding carboxylic acids is 1. The van der Waals surface area contributed by atoms with E-state index >= 15 is 0 Å². The highest BCUT2D eigenvalue weighted by molar-refractivity contribution is 5.74. The van der Waals surface area contributed by atoms with E-state index in [1.807, 2.05) is 12.2 Å². The molecule has 2 rings (SSSR count). The molecule has 2 aliphatic rings. The minimum absolute atomic E-state index is 0.0737. The summed E-state index contributed by atoms with van der Waals surface area (Å²) in [6.07, 6.45) is 6.89. The highest BCUT2D eigenvalue weighted by Crippen LogP contribution is 2.53. The van der Waals surface area contributed by atoms with Gasteiger partial charge in [-0.25, -0.2) is 0 Å². The molecule has 0 spiro atoms. The maximum atomic E-state index is 11.5. The number of ether oxygens (including phenoxy) is 1. The van der Waals surface area contributed by atoms with Gasteiger partial charge in [0.2, 0.25) is 0 Å². The number of hydrogen-bond donors (Lipinski definition) is 1. The zero-order valence-electron chi connectivity index (χ0n) is 8.85. The molecule has 82 valence electrons. The van der Waals surface area contributed by atoms with Crippen molar-refractivity contribution in [3.05, 3.63) is 24.8 Å². The van der Waals surface area contributed by atoms with Gasteiger partial charge in [-0.2, -0.15) is 0 Å². The molecule has 2 aliphatic carbocycles. The molecule has 1 fully saturated rings. The van der Waals surface area contributed by atoms with Crippen LogP contribution in [0.4, 0.5) is 0 Å². The Morgan fingerprint density at radius 3 is 3.07 bits per heavy atom. The molecular weight excluding hydrogens is 192 g/mol. The normalized spacial score (nSPS) is 41.9. The van der Waals surface area contributed by atoms with Gasteiger partial charge in [-0.05, 0) is 12.8 Å². The van der Waals surface area contributed by atoms with Crippen LogP contribution in [0.3, 0.4) is 0 Å². The lowest BCUT2D eigenvalue weighted by atomic mass is 9.85. The Labute approximate surface area is 89.4 Å². The van der Waals surface area contributed by atoms with Gasteiger partial charge in [-0.3, -0.25) is 4.79 Å². The van der Waals surface area contributed by atoms with Gasteiger partial charge in [0.15, 0.2) is 0 Å². The Balaban J connectivity index is 2.22. The Hall–Kier alpha value is -1.09. The third-order valence-electron chi connectivity index (χ3n) is 3.69. The number of carbonyl (C=O) groups is 1. The van der Waals surface area contributed by atoms with Crippen LogP contribution in [0.2, 0.25) is 0 Å². The van der Waals surface area contributed by atoms with Gasteiger partial charge >= 0.3 is 5.97 Å². The van der Waals surface area contributed by atoms with Crippen molar-refractivity contribution >= 4 is 5.97 Å². The third-order valence-corrected chi connectivity index (χ3v) is 3.69. The van der Waals surface area contributed by atoms with Crippen LogP contribution in [-0.4, -0.2) is 23.8 Å². The van der Waals surface area contributed by atoms with Crippen LogP contribution in [0.5, 0.6) is 0 Å². The van der Waals surface area contributed by atoms with E-state index in [4.69, 9.17) is 4.74 Å². The molecule has 0 heterocycles. The van der Waals surface area contributed by atoms with Gasteiger partial charge in [0.1, 0.15) is 0 Å². The van der Waals surface area contributed by atoms with Crippen LogP contribution in [0.25, 0.3) is 0 Å². The van der Waals surface area contributed by atoms with Gasteiger partial charge in [-0.1, -0.05) is 18.2 Å². The van der Waals surface area contributed by atoms with Crippen molar-refractivity contribution in [1.29, 1.82) is 0 Å². The first kappa shape index (κ1) is 10.4. The second kappa shape index (κ2) is 3.49. The lowest BCUT2D eigenvalue weighted by Crippen LogP contribution is -2.36. The monoisotopic (exact) mass is 208 g/mol. The molecule has 0 radical (unpaired) electrons. The zero-order valence-corrected chi connectivity index (χ0v) is 8.85. The summed E-state index contributed by atoms with van der Waals surface area (Å²) >= 11 is 0. The maximum absolute atomic E-state index is 11.5. The van der Waals surface area contributed by atoms with Crippen molar-refractivity contribution < 1.29 is 14.6 Å². The molecule has 3 heteroatoms. The lowest BCUT2D eigenvalue weighted by molar-refractivity contribution is -0.147. The fourth-order valence-corrected chi connectivity index (χ4v) is 2.93. The average molecular weight is 208 g/mol. The summed E-state index contributed by atoms with van der Waals surface area (Å²) in [6, 6.07) is 0. The predicted octanol–water partition coefficient (Wildman–Crippen LogP) is 1.29. The standard InChI is InChI=1S/C12H16O3/c1-3-6-12(14)8-4-5-10(12)9(7-8)11(13)15-2/h3-5,8-10,14H,1,6-7H2,2H3/t8-,9+,10+,12+/m1/s1. The number of esters is 1. The molecular formula is C12H16O3. The molecule has 0 aromatic rings. The molecule has 15 heavy (non-hydrogen) atoms. The van der Waals surface area contributed by atoms with E-state index in [2.05, 4.69) is 6.58 Å². The van der Waals surface area contributed by atoms with Gasteiger partial charge in [0.05, 0.1) is 18.6 Å². The third kappa shape index (κ3) is 1.34. The molecule has 3 nitrogen and oxygen atoms in total. The second-order valence-corrected chi connectivity index (χ2v) is 4.37. The topological polar surface area (TPSA) is 46.5 Å². The highest BCUT2D eigenvalue weighted by atomic mass is 16.5. The SMILES string of the molecule is C=CC[C@]1(O)[C@@H]2C=C[C@H]1[C@@H](C(=O)OC)C2. The first-order chi connectivity index (χ1) is 7.13. The minimum atomic E-state index is -0.805. The molecule has 0 aromatic carbocycles. The minimum Gasteiger partial charge on any atom is -0.469 e. The molecule has 0 amide bonds. The Kier molecular flexibility index (Phi) is 2.43. The fourth-order valence-electron chi connectivity index (χ4n) is 2.93. The van der Waals surface area contributed by atoms with Crippen LogP contribution in [0.1, 0.15) is 12.8 Å². The van der Waals surface area contributed by atoms with Crippen LogP contribution in [0.15, 0.2) is 24.8 Å². The Morgan fingerprint density at radius 1 is 1.73 bits per heavy atom. The van der Waals surface area contributed by atoms with E-state index in [-0.39, 0.29) is 23.7 Å². The number of aliphatic hydroxyl groups is 1. The molecule has 0 aliphatic heterocycles. The van der Waals surface area contributed by atoms with E-state index in [9.17, 15) is 9.90 Å². The van der Waals surface area contributed by atoms with Crippen molar-refractivity contribution in [3.63, 3.8) is 0 Å². The summed E-state index contributed by atoms with van der Waals surface area (Å²) in [4.78, 5) is 11.5. The quantitative estimate of drug-likeness (QED) is 0.561. The largest absolute Gasteiger partial charge is 0.469 e. The molecule has 0 aromatic heterocycles. The van der Waals surface area contributed by atoms with Crippen molar-refractivity contribution in [2.45, 2.75) is 18.4 Å². The van der Waals surface area contributed by atoms with Gasteiger partial charge in [0.25, 0.3) is 0 Å². The summed E-state index contributed by atoms with van der Waals surface area (Å²) in [7, 11) is 1.39. The smallest absolute Gasteiger partial charge is 0.309 e. The van der Waals surface area contributed by atoms with Crippen molar-refractivity contribution in [2.75, 3.05) is 7.11 Å². The summed E-state index contributed by atoms with van der Waals surface area (Å²) in [5, 5.41) is 10.5.